The number of carbonyl (C=O) groups excluding carboxylic acids is 2. The van der Waals surface area contributed by atoms with Crippen molar-refractivity contribution in [1.82, 2.24) is 20.4 Å². The molecule has 3 aromatic rings. The predicted octanol–water partition coefficient (Wildman–Crippen LogP) is 2.72. The van der Waals surface area contributed by atoms with Gasteiger partial charge in [0.05, 0.1) is 19.0 Å². The van der Waals surface area contributed by atoms with Crippen LogP contribution in [0.1, 0.15) is 18.1 Å². The zero-order valence-corrected chi connectivity index (χ0v) is 16.9. The molecule has 0 fully saturated rings. The molecule has 0 saturated heterocycles. The molecule has 1 aromatic heterocycles. The van der Waals surface area contributed by atoms with Gasteiger partial charge in [-0.05, 0) is 42.8 Å². The highest BCUT2D eigenvalue weighted by Crippen LogP contribution is 2.12. The summed E-state index contributed by atoms with van der Waals surface area (Å²) < 4.78 is 6.85. The molecule has 7 nitrogen and oxygen atoms in total. The SMILES string of the molecule is COc1ccc(/C=C/C(=O)N[C@@H](C)C(=O)NCc2cnn(-c3ccccc3)c2)cc1. The first kappa shape index (κ1) is 20.9. The molecule has 0 bridgehead atoms. The van der Waals surface area contributed by atoms with E-state index in [2.05, 4.69) is 15.7 Å². The Labute approximate surface area is 175 Å². The van der Waals surface area contributed by atoms with Crippen molar-refractivity contribution in [1.29, 1.82) is 0 Å². The van der Waals surface area contributed by atoms with E-state index < -0.39 is 6.04 Å². The first-order chi connectivity index (χ1) is 14.5. The molecule has 2 N–H and O–H groups in total. The Hall–Kier alpha value is -3.87. The summed E-state index contributed by atoms with van der Waals surface area (Å²) in [6.45, 7) is 1.97. The topological polar surface area (TPSA) is 85.2 Å². The molecule has 3 rings (SSSR count). The molecule has 2 aromatic carbocycles. The minimum atomic E-state index is -0.665. The predicted molar refractivity (Wildman–Crippen MR) is 115 cm³/mol. The van der Waals surface area contributed by atoms with Crippen LogP contribution in [-0.4, -0.2) is 34.7 Å². The quantitative estimate of drug-likeness (QED) is 0.566. The number of methoxy groups -OCH3 is 1. The fourth-order valence-electron chi connectivity index (χ4n) is 2.73. The number of hydrogen-bond donors (Lipinski definition) is 2. The monoisotopic (exact) mass is 404 g/mol. The summed E-state index contributed by atoms with van der Waals surface area (Å²) in [6, 6.07) is 16.4. The molecule has 0 unspecified atom stereocenters. The Morgan fingerprint density at radius 3 is 2.57 bits per heavy atom. The van der Waals surface area contributed by atoms with Crippen LogP contribution >= 0.6 is 0 Å². The Bertz CT molecular complexity index is 1010. The lowest BCUT2D eigenvalue weighted by atomic mass is 10.2. The van der Waals surface area contributed by atoms with Crippen molar-refractivity contribution in [3.8, 4) is 11.4 Å². The van der Waals surface area contributed by atoms with Crippen molar-refractivity contribution in [2.45, 2.75) is 19.5 Å². The largest absolute Gasteiger partial charge is 0.497 e. The van der Waals surface area contributed by atoms with Crippen LogP contribution in [0.25, 0.3) is 11.8 Å². The summed E-state index contributed by atoms with van der Waals surface area (Å²) in [4.78, 5) is 24.4. The molecule has 1 atom stereocenters. The zero-order chi connectivity index (χ0) is 21.3. The maximum atomic E-state index is 12.3. The van der Waals surface area contributed by atoms with Crippen LogP contribution in [0.15, 0.2) is 73.1 Å². The van der Waals surface area contributed by atoms with Crippen molar-refractivity contribution < 1.29 is 14.3 Å². The highest BCUT2D eigenvalue weighted by Gasteiger charge is 2.14. The summed E-state index contributed by atoms with van der Waals surface area (Å²) in [5, 5.41) is 9.77. The normalized spacial score (nSPS) is 11.8. The number of benzene rings is 2. The lowest BCUT2D eigenvalue weighted by Gasteiger charge is -2.12. The van der Waals surface area contributed by atoms with E-state index in [1.807, 2.05) is 60.8 Å². The average molecular weight is 404 g/mol. The molecule has 0 saturated carbocycles. The van der Waals surface area contributed by atoms with Crippen LogP contribution in [0.4, 0.5) is 0 Å². The van der Waals surface area contributed by atoms with Gasteiger partial charge in [0.2, 0.25) is 11.8 Å². The number of rotatable bonds is 8. The van der Waals surface area contributed by atoms with Crippen molar-refractivity contribution in [2.24, 2.45) is 0 Å². The molecule has 7 heteroatoms. The Kier molecular flexibility index (Phi) is 7.00. The Morgan fingerprint density at radius 1 is 1.13 bits per heavy atom. The second-order valence-electron chi connectivity index (χ2n) is 6.68. The molecule has 30 heavy (non-hydrogen) atoms. The van der Waals surface area contributed by atoms with Crippen molar-refractivity contribution in [3.05, 3.63) is 84.2 Å². The van der Waals surface area contributed by atoms with Crippen LogP contribution in [-0.2, 0) is 16.1 Å². The lowest BCUT2D eigenvalue weighted by molar-refractivity contribution is -0.126. The average Bonchev–Trinajstić information content (AvgIpc) is 3.26. The third kappa shape index (κ3) is 5.81. The van der Waals surface area contributed by atoms with E-state index in [-0.39, 0.29) is 11.8 Å². The second kappa shape index (κ2) is 10.1. The highest BCUT2D eigenvalue weighted by molar-refractivity contribution is 5.95. The van der Waals surface area contributed by atoms with Gasteiger partial charge in [0.25, 0.3) is 0 Å². The van der Waals surface area contributed by atoms with E-state index in [0.29, 0.717) is 6.54 Å². The molecular weight excluding hydrogens is 380 g/mol. The molecular formula is C23H24N4O3. The summed E-state index contributed by atoms with van der Waals surface area (Å²) in [6.07, 6.45) is 6.64. The van der Waals surface area contributed by atoms with Gasteiger partial charge in [0.1, 0.15) is 11.8 Å². The number of amides is 2. The fourth-order valence-corrected chi connectivity index (χ4v) is 2.73. The standard InChI is InChI=1S/C23H24N4O3/c1-17(26-22(28)13-10-18-8-11-21(30-2)12-9-18)23(29)24-14-19-15-25-27(16-19)20-6-4-3-5-7-20/h3-13,15-17H,14H2,1-2H3,(H,24,29)(H,26,28)/b13-10+/t17-/m0/s1. The molecule has 2 amide bonds. The van der Waals surface area contributed by atoms with Crippen LogP contribution in [0.5, 0.6) is 5.75 Å². The summed E-state index contributed by atoms with van der Waals surface area (Å²) in [5.41, 5.74) is 2.67. The molecule has 0 aliphatic rings. The first-order valence-electron chi connectivity index (χ1n) is 9.54. The summed E-state index contributed by atoms with van der Waals surface area (Å²) in [5.74, 6) is 0.134. The maximum absolute atomic E-state index is 12.3. The van der Waals surface area contributed by atoms with Gasteiger partial charge in [-0.3, -0.25) is 9.59 Å². The van der Waals surface area contributed by atoms with Crippen molar-refractivity contribution in [3.63, 3.8) is 0 Å². The van der Waals surface area contributed by atoms with Gasteiger partial charge in [0.15, 0.2) is 0 Å². The summed E-state index contributed by atoms with van der Waals surface area (Å²) >= 11 is 0. The van der Waals surface area contributed by atoms with Gasteiger partial charge >= 0.3 is 0 Å². The number of nitrogens with one attached hydrogen (secondary N) is 2. The Balaban J connectivity index is 1.46. The first-order valence-corrected chi connectivity index (χ1v) is 9.54. The number of aromatic nitrogens is 2. The van der Waals surface area contributed by atoms with Gasteiger partial charge in [0, 0.05) is 24.4 Å². The molecule has 1 heterocycles. The van der Waals surface area contributed by atoms with E-state index in [9.17, 15) is 9.59 Å². The van der Waals surface area contributed by atoms with E-state index in [4.69, 9.17) is 4.74 Å². The molecule has 0 spiro atoms. The fraction of sp³-hybridized carbons (Fsp3) is 0.174. The van der Waals surface area contributed by atoms with E-state index in [1.54, 1.807) is 31.0 Å². The van der Waals surface area contributed by atoms with E-state index >= 15 is 0 Å². The van der Waals surface area contributed by atoms with Gasteiger partial charge in [-0.25, -0.2) is 4.68 Å². The maximum Gasteiger partial charge on any atom is 0.244 e. The van der Waals surface area contributed by atoms with Crippen LogP contribution < -0.4 is 15.4 Å². The van der Waals surface area contributed by atoms with Crippen molar-refractivity contribution in [2.75, 3.05) is 7.11 Å². The second-order valence-corrected chi connectivity index (χ2v) is 6.68. The molecule has 0 aliphatic heterocycles. The molecule has 0 aliphatic carbocycles. The van der Waals surface area contributed by atoms with E-state index in [1.165, 1.54) is 6.08 Å². The van der Waals surface area contributed by atoms with Crippen LogP contribution in [0, 0.1) is 0 Å². The number of para-hydroxylation sites is 1. The number of carbonyl (C=O) groups is 2. The van der Waals surface area contributed by atoms with Gasteiger partial charge in [-0.1, -0.05) is 30.3 Å². The lowest BCUT2D eigenvalue weighted by Crippen LogP contribution is -2.44. The molecule has 154 valence electrons. The van der Waals surface area contributed by atoms with Gasteiger partial charge in [-0.2, -0.15) is 5.10 Å². The van der Waals surface area contributed by atoms with Gasteiger partial charge < -0.3 is 15.4 Å². The Morgan fingerprint density at radius 2 is 1.87 bits per heavy atom. The minimum absolute atomic E-state index is 0.270. The number of hydrogen-bond acceptors (Lipinski definition) is 4. The number of nitrogens with zero attached hydrogens (tertiary/aromatic N) is 2. The van der Waals surface area contributed by atoms with E-state index in [0.717, 1.165) is 22.6 Å². The van der Waals surface area contributed by atoms with Crippen LogP contribution in [0.2, 0.25) is 0 Å². The third-order valence-corrected chi connectivity index (χ3v) is 4.42. The van der Waals surface area contributed by atoms with Crippen LogP contribution in [0.3, 0.4) is 0 Å². The number of ether oxygens (including phenoxy) is 1. The highest BCUT2D eigenvalue weighted by atomic mass is 16.5. The minimum Gasteiger partial charge on any atom is -0.497 e. The zero-order valence-electron chi connectivity index (χ0n) is 16.9. The smallest absolute Gasteiger partial charge is 0.244 e. The van der Waals surface area contributed by atoms with Gasteiger partial charge in [-0.15, -0.1) is 0 Å². The molecule has 0 radical (unpaired) electrons. The van der Waals surface area contributed by atoms with Crippen molar-refractivity contribution >= 4 is 17.9 Å². The summed E-state index contributed by atoms with van der Waals surface area (Å²) in [7, 11) is 1.60. The third-order valence-electron chi connectivity index (χ3n) is 4.42.